The molecule has 1 fully saturated rings. The Labute approximate surface area is 116 Å². The zero-order valence-corrected chi connectivity index (χ0v) is 11.9. The molecule has 0 unspecified atom stereocenters. The second-order valence-electron chi connectivity index (χ2n) is 5.01. The van der Waals surface area contributed by atoms with E-state index in [1.807, 2.05) is 6.92 Å². The van der Waals surface area contributed by atoms with Crippen LogP contribution in [0.3, 0.4) is 0 Å². The summed E-state index contributed by atoms with van der Waals surface area (Å²) in [7, 11) is 1.71. The standard InChI is InChI=1S/C13H19F3N4/c1-4-10-18-11(17-3)8(2)12(19-10)20(9-5-6-9)7-13(14,15)16/h9H,4-7H2,1-3H3,(H,17,18,19). The molecule has 0 bridgehead atoms. The van der Waals surface area contributed by atoms with Crippen LogP contribution in [0.2, 0.25) is 0 Å². The first kappa shape index (κ1) is 14.9. The number of aromatic nitrogens is 2. The van der Waals surface area contributed by atoms with Crippen LogP contribution in [-0.2, 0) is 6.42 Å². The summed E-state index contributed by atoms with van der Waals surface area (Å²) in [5.41, 5.74) is 0.667. The zero-order chi connectivity index (χ0) is 14.9. The molecule has 4 nitrogen and oxygen atoms in total. The molecule has 1 aliphatic rings. The van der Waals surface area contributed by atoms with Crippen molar-refractivity contribution in [2.45, 2.75) is 45.3 Å². The van der Waals surface area contributed by atoms with E-state index in [-0.39, 0.29) is 6.04 Å². The molecule has 112 valence electrons. The van der Waals surface area contributed by atoms with Crippen molar-refractivity contribution >= 4 is 11.6 Å². The van der Waals surface area contributed by atoms with Crippen LogP contribution in [0.25, 0.3) is 0 Å². The van der Waals surface area contributed by atoms with Crippen LogP contribution in [0.4, 0.5) is 24.8 Å². The van der Waals surface area contributed by atoms with E-state index in [2.05, 4.69) is 15.3 Å². The Hall–Kier alpha value is -1.53. The summed E-state index contributed by atoms with van der Waals surface area (Å²) >= 11 is 0. The van der Waals surface area contributed by atoms with Gasteiger partial charge in [0.2, 0.25) is 0 Å². The third kappa shape index (κ3) is 3.32. The van der Waals surface area contributed by atoms with E-state index in [4.69, 9.17) is 0 Å². The molecule has 1 aromatic rings. The maximum absolute atomic E-state index is 12.8. The van der Waals surface area contributed by atoms with E-state index in [0.717, 1.165) is 12.8 Å². The molecular formula is C13H19F3N4. The van der Waals surface area contributed by atoms with Gasteiger partial charge in [-0.3, -0.25) is 0 Å². The number of halogens is 3. The summed E-state index contributed by atoms with van der Waals surface area (Å²) in [6, 6.07) is -0.0559. The van der Waals surface area contributed by atoms with Gasteiger partial charge >= 0.3 is 6.18 Å². The van der Waals surface area contributed by atoms with E-state index in [0.29, 0.717) is 29.4 Å². The topological polar surface area (TPSA) is 41.1 Å². The molecule has 0 aromatic carbocycles. The average molecular weight is 288 g/mol. The Morgan fingerprint density at radius 3 is 2.40 bits per heavy atom. The van der Waals surface area contributed by atoms with Gasteiger partial charge in [-0.05, 0) is 19.8 Å². The summed E-state index contributed by atoms with van der Waals surface area (Å²) in [6.07, 6.45) is -2.07. The fourth-order valence-electron chi connectivity index (χ4n) is 2.19. The Morgan fingerprint density at radius 1 is 1.30 bits per heavy atom. The Morgan fingerprint density at radius 2 is 1.95 bits per heavy atom. The fourth-order valence-corrected chi connectivity index (χ4v) is 2.19. The molecule has 0 spiro atoms. The number of alkyl halides is 3. The number of aryl methyl sites for hydroxylation is 1. The first-order chi connectivity index (χ1) is 9.35. The van der Waals surface area contributed by atoms with Crippen LogP contribution in [-0.4, -0.2) is 35.8 Å². The fraction of sp³-hybridized carbons (Fsp3) is 0.692. The summed E-state index contributed by atoms with van der Waals surface area (Å²) in [5.74, 6) is 1.56. The largest absolute Gasteiger partial charge is 0.405 e. The van der Waals surface area contributed by atoms with Gasteiger partial charge in [0.15, 0.2) is 0 Å². The van der Waals surface area contributed by atoms with Crippen LogP contribution >= 0.6 is 0 Å². The van der Waals surface area contributed by atoms with Gasteiger partial charge in [-0.25, -0.2) is 9.97 Å². The molecule has 0 radical (unpaired) electrons. The molecule has 1 heterocycles. The van der Waals surface area contributed by atoms with Crippen LogP contribution in [0.1, 0.15) is 31.2 Å². The molecule has 0 amide bonds. The maximum atomic E-state index is 12.8. The molecule has 20 heavy (non-hydrogen) atoms. The van der Waals surface area contributed by atoms with Crippen molar-refractivity contribution in [1.82, 2.24) is 9.97 Å². The monoisotopic (exact) mass is 288 g/mol. The number of nitrogens with one attached hydrogen (secondary N) is 1. The van der Waals surface area contributed by atoms with Crippen LogP contribution in [0.5, 0.6) is 0 Å². The summed E-state index contributed by atoms with van der Waals surface area (Å²) in [6.45, 7) is 2.69. The summed E-state index contributed by atoms with van der Waals surface area (Å²) < 4.78 is 38.3. The van der Waals surface area contributed by atoms with E-state index < -0.39 is 12.7 Å². The van der Waals surface area contributed by atoms with Crippen molar-refractivity contribution in [3.05, 3.63) is 11.4 Å². The Kier molecular flexibility index (Phi) is 4.06. The minimum absolute atomic E-state index is 0.0559. The van der Waals surface area contributed by atoms with Gasteiger partial charge in [0, 0.05) is 25.1 Å². The highest BCUT2D eigenvalue weighted by atomic mass is 19.4. The highest BCUT2D eigenvalue weighted by molar-refractivity contribution is 5.59. The van der Waals surface area contributed by atoms with Crippen molar-refractivity contribution in [3.8, 4) is 0 Å². The summed E-state index contributed by atoms with van der Waals surface area (Å²) in [4.78, 5) is 9.99. The van der Waals surface area contributed by atoms with Gasteiger partial charge in [-0.2, -0.15) is 13.2 Å². The second kappa shape index (κ2) is 5.46. The number of hydrogen-bond acceptors (Lipinski definition) is 4. The molecular weight excluding hydrogens is 269 g/mol. The third-order valence-corrected chi connectivity index (χ3v) is 3.33. The highest BCUT2D eigenvalue weighted by Crippen LogP contribution is 2.36. The van der Waals surface area contributed by atoms with E-state index in [1.54, 1.807) is 14.0 Å². The normalized spacial score (nSPS) is 15.3. The first-order valence-corrected chi connectivity index (χ1v) is 6.74. The predicted molar refractivity (Wildman–Crippen MR) is 72.1 cm³/mol. The quantitative estimate of drug-likeness (QED) is 0.904. The molecule has 1 N–H and O–H groups in total. The van der Waals surface area contributed by atoms with Gasteiger partial charge in [-0.1, -0.05) is 6.92 Å². The number of anilines is 2. The molecule has 1 aliphatic carbocycles. The first-order valence-electron chi connectivity index (χ1n) is 6.74. The van der Waals surface area contributed by atoms with Gasteiger partial charge in [-0.15, -0.1) is 0 Å². The van der Waals surface area contributed by atoms with E-state index in [9.17, 15) is 13.2 Å². The minimum atomic E-state index is -4.23. The molecule has 0 atom stereocenters. The lowest BCUT2D eigenvalue weighted by Gasteiger charge is -2.27. The number of nitrogens with zero attached hydrogens (tertiary/aromatic N) is 3. The van der Waals surface area contributed by atoms with Gasteiger partial charge in [0.1, 0.15) is 24.0 Å². The molecule has 0 aliphatic heterocycles. The Bertz CT molecular complexity index is 483. The van der Waals surface area contributed by atoms with Crippen molar-refractivity contribution in [2.75, 3.05) is 23.8 Å². The highest BCUT2D eigenvalue weighted by Gasteiger charge is 2.39. The van der Waals surface area contributed by atoms with E-state index >= 15 is 0 Å². The van der Waals surface area contributed by atoms with Crippen molar-refractivity contribution < 1.29 is 13.2 Å². The smallest absolute Gasteiger partial charge is 0.373 e. The summed E-state index contributed by atoms with van der Waals surface area (Å²) in [5, 5.41) is 2.93. The average Bonchev–Trinajstić information content (AvgIpc) is 3.20. The SMILES string of the molecule is CCc1nc(NC)c(C)c(N(CC(F)(F)F)C2CC2)n1. The molecule has 2 rings (SSSR count). The lowest BCUT2D eigenvalue weighted by atomic mass is 10.2. The molecule has 1 saturated carbocycles. The van der Waals surface area contributed by atoms with Gasteiger partial charge in [0.25, 0.3) is 0 Å². The molecule has 7 heteroatoms. The lowest BCUT2D eigenvalue weighted by molar-refractivity contribution is -0.120. The number of rotatable bonds is 5. The lowest BCUT2D eigenvalue weighted by Crippen LogP contribution is -2.37. The minimum Gasteiger partial charge on any atom is -0.373 e. The molecule has 1 aromatic heterocycles. The second-order valence-corrected chi connectivity index (χ2v) is 5.01. The Balaban J connectivity index is 2.41. The van der Waals surface area contributed by atoms with Crippen LogP contribution in [0.15, 0.2) is 0 Å². The third-order valence-electron chi connectivity index (χ3n) is 3.33. The maximum Gasteiger partial charge on any atom is 0.405 e. The van der Waals surface area contributed by atoms with Crippen molar-refractivity contribution in [3.63, 3.8) is 0 Å². The number of hydrogen-bond donors (Lipinski definition) is 1. The van der Waals surface area contributed by atoms with Crippen molar-refractivity contribution in [1.29, 1.82) is 0 Å². The van der Waals surface area contributed by atoms with E-state index in [1.165, 1.54) is 4.90 Å². The van der Waals surface area contributed by atoms with Gasteiger partial charge in [0.05, 0.1) is 0 Å². The van der Waals surface area contributed by atoms with Crippen LogP contribution < -0.4 is 10.2 Å². The van der Waals surface area contributed by atoms with Crippen molar-refractivity contribution in [2.24, 2.45) is 0 Å². The predicted octanol–water partition coefficient (Wildman–Crippen LogP) is 2.92. The zero-order valence-electron chi connectivity index (χ0n) is 11.9. The molecule has 0 saturated heterocycles. The van der Waals surface area contributed by atoms with Crippen LogP contribution in [0, 0.1) is 6.92 Å². The van der Waals surface area contributed by atoms with Gasteiger partial charge < -0.3 is 10.2 Å².